The highest BCUT2D eigenvalue weighted by Gasteiger charge is 2.42. The number of phenolic OH excluding ortho intramolecular Hbond substituents is 1. The number of carbonyl (C=O) groups is 2. The van der Waals surface area contributed by atoms with Crippen LogP contribution in [0.15, 0.2) is 42.5 Å². The number of carbonyl (C=O) groups excluding carboxylic acids is 2. The Kier molecular flexibility index (Phi) is 26.3. The normalized spacial score (nSPS) is 13.2. The van der Waals surface area contributed by atoms with Gasteiger partial charge in [0.15, 0.2) is 6.10 Å². The lowest BCUT2D eigenvalue weighted by Crippen LogP contribution is -2.63. The molecule has 0 bridgehead atoms. The predicted molar refractivity (Wildman–Crippen MR) is 244 cm³/mol. The Balaban J connectivity index is 2.09. The second-order valence-corrected chi connectivity index (χ2v) is 18.0. The number of nitrogens with one attached hydrogen (secondary N) is 1. The molecular formula is C51H86N2O5. The number of hydrogen-bond donors (Lipinski definition) is 3. The number of unbranched alkanes of at least 4 members (excludes halogenated alkanes) is 22. The second-order valence-electron chi connectivity index (χ2n) is 18.0. The fourth-order valence-corrected chi connectivity index (χ4v) is 7.81. The van der Waals surface area contributed by atoms with Gasteiger partial charge in [-0.05, 0) is 73.4 Å². The van der Waals surface area contributed by atoms with Crippen molar-refractivity contribution in [2.45, 2.75) is 239 Å². The molecule has 0 radical (unpaired) electrons. The van der Waals surface area contributed by atoms with Gasteiger partial charge >= 0.3 is 0 Å². The van der Waals surface area contributed by atoms with Gasteiger partial charge in [-0.3, -0.25) is 9.59 Å². The second kappa shape index (κ2) is 29.9. The fraction of sp³-hybridized carbons (Fsp3) is 0.725. The van der Waals surface area contributed by atoms with Crippen LogP contribution in [0, 0.1) is 0 Å². The first kappa shape index (κ1) is 50.9. The molecule has 0 aliphatic rings. The molecule has 2 aromatic rings. The Morgan fingerprint density at radius 1 is 0.638 bits per heavy atom. The topological polar surface area (TPSA) is 111 Å². The van der Waals surface area contributed by atoms with Gasteiger partial charge in [0.2, 0.25) is 0 Å². The minimum absolute atomic E-state index is 0.188. The molecular weight excluding hydrogens is 721 g/mol. The molecule has 0 saturated carbocycles. The van der Waals surface area contributed by atoms with Gasteiger partial charge in [-0.15, -0.1) is 0 Å². The summed E-state index contributed by atoms with van der Waals surface area (Å²) in [5.74, 6) is 0.0401. The standard InChI is InChI=1S/C51H86N2O5/c1-7-10-13-15-17-19-21-22-23-24-26-28-30-33-42-34-32-35-44(40-42)58-51(49(52)56,39-12-9-3)53-48(55)47(36-31-29-27-25-20-18-16-14-11-8-2)57-43-37-38-46(54)45(41-43)50(4,5)6/h32,34-35,37-38,40-41,47,54H,7-31,33,36,39H2,1-6H3,(H2,52,56)(H,53,55). The Bertz CT molecular complexity index is 1390. The summed E-state index contributed by atoms with van der Waals surface area (Å²) in [5.41, 5.74) is 5.96. The quantitative estimate of drug-likeness (QED) is 0.0474. The molecule has 4 N–H and O–H groups in total. The van der Waals surface area contributed by atoms with E-state index in [1.165, 1.54) is 122 Å². The first-order chi connectivity index (χ1) is 28.0. The zero-order valence-corrected chi connectivity index (χ0v) is 38.1. The minimum Gasteiger partial charge on any atom is -0.508 e. The highest BCUT2D eigenvalue weighted by atomic mass is 16.5. The number of phenols is 1. The molecule has 0 heterocycles. The number of nitrogens with two attached hydrogens (primary N) is 1. The maximum Gasteiger partial charge on any atom is 0.283 e. The molecule has 0 aliphatic heterocycles. The molecule has 0 fully saturated rings. The third-order valence-electron chi connectivity index (χ3n) is 11.5. The van der Waals surface area contributed by atoms with Crippen LogP contribution in [-0.2, 0) is 21.4 Å². The van der Waals surface area contributed by atoms with Gasteiger partial charge in [-0.2, -0.15) is 0 Å². The van der Waals surface area contributed by atoms with E-state index in [1.807, 2.05) is 52.0 Å². The molecule has 7 heteroatoms. The average molecular weight is 807 g/mol. The summed E-state index contributed by atoms with van der Waals surface area (Å²) in [6.45, 7) is 12.6. The van der Waals surface area contributed by atoms with Crippen LogP contribution in [0.4, 0.5) is 0 Å². The first-order valence-corrected chi connectivity index (χ1v) is 23.9. The monoisotopic (exact) mass is 807 g/mol. The molecule has 7 nitrogen and oxygen atoms in total. The Morgan fingerprint density at radius 2 is 1.14 bits per heavy atom. The van der Waals surface area contributed by atoms with Gasteiger partial charge in [-0.1, -0.05) is 195 Å². The summed E-state index contributed by atoms with van der Waals surface area (Å²) in [7, 11) is 0. The Hall–Kier alpha value is -3.22. The van der Waals surface area contributed by atoms with E-state index in [1.54, 1.807) is 12.1 Å². The fourth-order valence-electron chi connectivity index (χ4n) is 7.81. The molecule has 330 valence electrons. The van der Waals surface area contributed by atoms with Gasteiger partial charge in [0.05, 0.1) is 0 Å². The maximum atomic E-state index is 14.3. The van der Waals surface area contributed by atoms with Crippen molar-refractivity contribution in [2.75, 3.05) is 0 Å². The highest BCUT2D eigenvalue weighted by molar-refractivity contribution is 5.91. The van der Waals surface area contributed by atoms with Crippen molar-refractivity contribution in [3.8, 4) is 17.2 Å². The van der Waals surface area contributed by atoms with Gasteiger partial charge in [0.25, 0.3) is 17.5 Å². The predicted octanol–water partition coefficient (Wildman–Crippen LogP) is 13.9. The van der Waals surface area contributed by atoms with Crippen molar-refractivity contribution >= 4 is 11.8 Å². The van der Waals surface area contributed by atoms with Gasteiger partial charge in [0.1, 0.15) is 17.2 Å². The number of benzene rings is 2. The van der Waals surface area contributed by atoms with Gasteiger partial charge in [0, 0.05) is 12.0 Å². The number of ether oxygens (including phenoxy) is 2. The molecule has 2 aromatic carbocycles. The summed E-state index contributed by atoms with van der Waals surface area (Å²) in [6, 6.07) is 13.0. The zero-order chi connectivity index (χ0) is 42.5. The van der Waals surface area contributed by atoms with Crippen LogP contribution in [0.5, 0.6) is 17.2 Å². The molecule has 0 aromatic heterocycles. The summed E-state index contributed by atoms with van der Waals surface area (Å²) < 4.78 is 12.9. The van der Waals surface area contributed by atoms with Gasteiger partial charge < -0.3 is 25.6 Å². The van der Waals surface area contributed by atoms with Crippen LogP contribution in [-0.4, -0.2) is 28.7 Å². The number of aryl methyl sites for hydroxylation is 1. The van der Waals surface area contributed by atoms with E-state index in [-0.39, 0.29) is 17.6 Å². The van der Waals surface area contributed by atoms with E-state index >= 15 is 0 Å². The van der Waals surface area contributed by atoms with Crippen LogP contribution in [0.1, 0.15) is 226 Å². The summed E-state index contributed by atoms with van der Waals surface area (Å²) >= 11 is 0. The van der Waals surface area contributed by atoms with Crippen molar-refractivity contribution in [2.24, 2.45) is 5.73 Å². The lowest BCUT2D eigenvalue weighted by atomic mass is 9.86. The molecule has 2 rings (SSSR count). The van der Waals surface area contributed by atoms with Crippen molar-refractivity contribution in [1.82, 2.24) is 5.32 Å². The molecule has 0 aliphatic carbocycles. The van der Waals surface area contributed by atoms with Crippen LogP contribution in [0.3, 0.4) is 0 Å². The summed E-state index contributed by atoms with van der Waals surface area (Å²) in [4.78, 5) is 27.7. The number of primary amides is 1. The molecule has 58 heavy (non-hydrogen) atoms. The molecule has 2 amide bonds. The van der Waals surface area contributed by atoms with E-state index in [0.717, 1.165) is 49.7 Å². The molecule has 0 saturated heterocycles. The average Bonchev–Trinajstić information content (AvgIpc) is 3.19. The van der Waals surface area contributed by atoms with Crippen LogP contribution in [0.2, 0.25) is 0 Å². The van der Waals surface area contributed by atoms with E-state index < -0.39 is 23.6 Å². The van der Waals surface area contributed by atoms with Crippen LogP contribution >= 0.6 is 0 Å². The van der Waals surface area contributed by atoms with Crippen molar-refractivity contribution in [3.63, 3.8) is 0 Å². The first-order valence-electron chi connectivity index (χ1n) is 23.9. The van der Waals surface area contributed by atoms with Gasteiger partial charge in [-0.25, -0.2) is 0 Å². The summed E-state index contributed by atoms with van der Waals surface area (Å²) in [6.07, 6.45) is 31.2. The van der Waals surface area contributed by atoms with Crippen molar-refractivity contribution in [3.05, 3.63) is 53.6 Å². The van der Waals surface area contributed by atoms with E-state index in [0.29, 0.717) is 24.3 Å². The number of hydrogen-bond acceptors (Lipinski definition) is 5. The smallest absolute Gasteiger partial charge is 0.283 e. The third kappa shape index (κ3) is 21.2. The molecule has 0 spiro atoms. The molecule has 2 atom stereocenters. The number of aromatic hydroxyl groups is 1. The van der Waals surface area contributed by atoms with Crippen LogP contribution in [0.25, 0.3) is 0 Å². The lowest BCUT2D eigenvalue weighted by molar-refractivity contribution is -0.147. The van der Waals surface area contributed by atoms with Crippen molar-refractivity contribution in [1.29, 1.82) is 0 Å². The van der Waals surface area contributed by atoms with E-state index in [9.17, 15) is 14.7 Å². The SMILES string of the molecule is CCCCCCCCCCCCCCCc1cccc(OC(CCCC)(NC(=O)C(CCCCCCCCCCCC)Oc2ccc(O)c(C(C)(C)C)c2)C(N)=O)c1. The lowest BCUT2D eigenvalue weighted by Gasteiger charge is -2.34. The number of amides is 2. The minimum atomic E-state index is -1.73. The largest absolute Gasteiger partial charge is 0.508 e. The van der Waals surface area contributed by atoms with E-state index in [4.69, 9.17) is 15.2 Å². The number of rotatable bonds is 35. The third-order valence-corrected chi connectivity index (χ3v) is 11.5. The maximum absolute atomic E-state index is 14.3. The molecule has 2 unspecified atom stereocenters. The van der Waals surface area contributed by atoms with Crippen molar-refractivity contribution < 1.29 is 24.2 Å². The highest BCUT2D eigenvalue weighted by Crippen LogP contribution is 2.34. The Morgan fingerprint density at radius 3 is 1.64 bits per heavy atom. The summed E-state index contributed by atoms with van der Waals surface area (Å²) in [5, 5.41) is 13.6. The van der Waals surface area contributed by atoms with Crippen LogP contribution < -0.4 is 20.5 Å². The Labute approximate surface area is 355 Å². The zero-order valence-electron chi connectivity index (χ0n) is 38.1. The van der Waals surface area contributed by atoms with E-state index in [2.05, 4.69) is 25.2 Å².